The molecule has 1 amide bonds. The molecule has 1 N–H and O–H groups in total. The van der Waals surface area contributed by atoms with Crippen molar-refractivity contribution in [3.63, 3.8) is 0 Å². The molecule has 3 unspecified atom stereocenters. The lowest BCUT2D eigenvalue weighted by Crippen LogP contribution is -2.58. The number of carbonyl (C=O) groups is 1. The Kier molecular flexibility index (Phi) is 4.35. The summed E-state index contributed by atoms with van der Waals surface area (Å²) in [5.41, 5.74) is -1.08. The van der Waals surface area contributed by atoms with E-state index in [0.29, 0.717) is 44.6 Å². The summed E-state index contributed by atoms with van der Waals surface area (Å²) in [5.74, 6) is 0.951. The van der Waals surface area contributed by atoms with E-state index in [2.05, 4.69) is 4.99 Å². The van der Waals surface area contributed by atoms with Crippen molar-refractivity contribution >= 4 is 17.2 Å². The Morgan fingerprint density at radius 1 is 1.33 bits per heavy atom. The first-order valence-electron chi connectivity index (χ1n) is 10.1. The highest BCUT2D eigenvalue weighted by Gasteiger charge is 2.60. The molecule has 0 spiro atoms. The summed E-state index contributed by atoms with van der Waals surface area (Å²) >= 11 is 1.55. The fourth-order valence-corrected chi connectivity index (χ4v) is 7.09. The van der Waals surface area contributed by atoms with Crippen LogP contribution in [-0.2, 0) is 20.8 Å². The van der Waals surface area contributed by atoms with E-state index in [4.69, 9.17) is 9.47 Å². The Bertz CT molecular complexity index is 793. The smallest absolute Gasteiger partial charge is 0.254 e. The summed E-state index contributed by atoms with van der Waals surface area (Å²) in [6, 6.07) is 0. The van der Waals surface area contributed by atoms with Gasteiger partial charge in [-0.3, -0.25) is 4.79 Å². The fourth-order valence-electron chi connectivity index (χ4n) is 6.25. The van der Waals surface area contributed by atoms with Crippen LogP contribution in [0.5, 0.6) is 0 Å². The number of hydrogen-bond donors (Lipinski definition) is 1. The lowest BCUT2D eigenvalue weighted by Gasteiger charge is -2.58. The van der Waals surface area contributed by atoms with Crippen molar-refractivity contribution in [3.05, 3.63) is 15.9 Å². The third-order valence-electron chi connectivity index (χ3n) is 6.80. The molecule has 0 aromatic carbocycles. The minimum absolute atomic E-state index is 0.00191. The van der Waals surface area contributed by atoms with E-state index in [1.807, 2.05) is 17.7 Å². The minimum Gasteiger partial charge on any atom is -0.390 e. The predicted octanol–water partition coefficient (Wildman–Crippen LogP) is 2.03. The van der Waals surface area contributed by atoms with Crippen LogP contribution in [0.25, 0.3) is 0 Å². The molecule has 6 rings (SSSR count). The number of ether oxygens (including phenoxy) is 2. The standard InChI is InChI=1S/C20H28N2O4S/c1-13-9-22(10-16-11-25-2-3-26-16)18(27-13)21-17(23)19-5-14-4-15(6-19)8-20(24,7-14)12-19/h9,14-16,24H,2-8,10-12H2,1H3/b21-18-. The van der Waals surface area contributed by atoms with Gasteiger partial charge in [0.25, 0.3) is 5.91 Å². The van der Waals surface area contributed by atoms with Gasteiger partial charge in [0, 0.05) is 11.1 Å². The zero-order valence-electron chi connectivity index (χ0n) is 15.9. The summed E-state index contributed by atoms with van der Waals surface area (Å²) in [4.78, 5) is 19.8. The summed E-state index contributed by atoms with van der Waals surface area (Å²) in [6.07, 6.45) is 7.36. The van der Waals surface area contributed by atoms with E-state index >= 15 is 0 Å². The molecular formula is C20H28N2O4S. The van der Waals surface area contributed by atoms with Crippen LogP contribution in [0, 0.1) is 24.2 Å². The lowest BCUT2D eigenvalue weighted by atomic mass is 9.47. The maximum atomic E-state index is 13.3. The van der Waals surface area contributed by atoms with Crippen LogP contribution >= 0.6 is 11.3 Å². The van der Waals surface area contributed by atoms with E-state index in [9.17, 15) is 9.90 Å². The van der Waals surface area contributed by atoms with Crippen molar-refractivity contribution in [3.8, 4) is 0 Å². The third-order valence-corrected chi connectivity index (χ3v) is 7.74. The second-order valence-electron chi connectivity index (χ2n) is 9.23. The summed E-state index contributed by atoms with van der Waals surface area (Å²) in [7, 11) is 0. The highest BCUT2D eigenvalue weighted by Crippen LogP contribution is 2.61. The molecule has 4 aliphatic carbocycles. The Hall–Kier alpha value is -1.02. The lowest BCUT2D eigenvalue weighted by molar-refractivity contribution is -0.175. The molecular weight excluding hydrogens is 364 g/mol. The average molecular weight is 393 g/mol. The number of amides is 1. The van der Waals surface area contributed by atoms with Crippen LogP contribution < -0.4 is 4.80 Å². The molecule has 2 heterocycles. The van der Waals surface area contributed by atoms with Crippen LogP contribution in [0.3, 0.4) is 0 Å². The average Bonchev–Trinajstić information content (AvgIpc) is 2.92. The highest BCUT2D eigenvalue weighted by atomic mass is 32.1. The zero-order chi connectivity index (χ0) is 18.6. The molecule has 1 saturated heterocycles. The Labute approximate surface area is 163 Å². The van der Waals surface area contributed by atoms with Gasteiger partial charge in [0.05, 0.1) is 43.5 Å². The number of aryl methyl sites for hydroxylation is 1. The molecule has 3 atom stereocenters. The van der Waals surface area contributed by atoms with Gasteiger partial charge in [-0.05, 0) is 57.3 Å². The number of hydrogen-bond acceptors (Lipinski definition) is 5. The molecule has 7 heteroatoms. The third kappa shape index (κ3) is 3.33. The second-order valence-corrected chi connectivity index (χ2v) is 10.4. The van der Waals surface area contributed by atoms with E-state index in [0.717, 1.165) is 35.4 Å². The van der Waals surface area contributed by atoms with Crippen LogP contribution in [0.4, 0.5) is 0 Å². The molecule has 148 valence electrons. The van der Waals surface area contributed by atoms with E-state index in [-0.39, 0.29) is 12.0 Å². The molecule has 5 fully saturated rings. The van der Waals surface area contributed by atoms with Gasteiger partial charge in [0.15, 0.2) is 4.80 Å². The molecule has 5 aliphatic rings. The summed E-state index contributed by atoms with van der Waals surface area (Å²) in [6.45, 7) is 4.53. The molecule has 27 heavy (non-hydrogen) atoms. The van der Waals surface area contributed by atoms with Crippen LogP contribution in [0.2, 0.25) is 0 Å². The van der Waals surface area contributed by atoms with Crippen molar-refractivity contribution in [2.24, 2.45) is 22.2 Å². The van der Waals surface area contributed by atoms with E-state index in [1.165, 1.54) is 6.42 Å². The molecule has 1 aromatic rings. The molecule has 0 radical (unpaired) electrons. The topological polar surface area (TPSA) is 73.0 Å². The van der Waals surface area contributed by atoms with Gasteiger partial charge < -0.3 is 19.1 Å². The number of carbonyl (C=O) groups excluding carboxylic acids is 1. The van der Waals surface area contributed by atoms with Gasteiger partial charge in [-0.2, -0.15) is 4.99 Å². The molecule has 1 aromatic heterocycles. The minimum atomic E-state index is -0.635. The van der Waals surface area contributed by atoms with Gasteiger partial charge >= 0.3 is 0 Å². The van der Waals surface area contributed by atoms with Gasteiger partial charge in [0.2, 0.25) is 0 Å². The van der Waals surface area contributed by atoms with Crippen molar-refractivity contribution in [1.29, 1.82) is 0 Å². The van der Waals surface area contributed by atoms with E-state index < -0.39 is 11.0 Å². The first-order valence-corrected chi connectivity index (χ1v) is 10.9. The van der Waals surface area contributed by atoms with Crippen LogP contribution in [0.1, 0.15) is 43.4 Å². The molecule has 4 saturated carbocycles. The molecule has 1 aliphatic heterocycles. The molecule has 4 bridgehead atoms. The van der Waals surface area contributed by atoms with Crippen molar-refractivity contribution in [2.75, 3.05) is 19.8 Å². The summed E-state index contributed by atoms with van der Waals surface area (Å²) < 4.78 is 13.3. The van der Waals surface area contributed by atoms with E-state index in [1.54, 1.807) is 11.3 Å². The van der Waals surface area contributed by atoms with Gasteiger partial charge in [-0.15, -0.1) is 11.3 Å². The Balaban J connectivity index is 1.42. The fraction of sp³-hybridized carbons (Fsp3) is 0.800. The normalized spacial score (nSPS) is 41.3. The largest absolute Gasteiger partial charge is 0.390 e. The molecule has 6 nitrogen and oxygen atoms in total. The second kappa shape index (κ2) is 6.51. The van der Waals surface area contributed by atoms with Crippen LogP contribution in [0.15, 0.2) is 11.2 Å². The zero-order valence-corrected chi connectivity index (χ0v) is 16.7. The number of aliphatic hydroxyl groups is 1. The Morgan fingerprint density at radius 2 is 2.11 bits per heavy atom. The van der Waals surface area contributed by atoms with Crippen molar-refractivity contribution < 1.29 is 19.4 Å². The Morgan fingerprint density at radius 3 is 2.78 bits per heavy atom. The summed E-state index contributed by atoms with van der Waals surface area (Å²) in [5, 5.41) is 10.9. The first-order chi connectivity index (χ1) is 12.9. The quantitative estimate of drug-likeness (QED) is 0.854. The van der Waals surface area contributed by atoms with Gasteiger partial charge in [-0.1, -0.05) is 0 Å². The van der Waals surface area contributed by atoms with Crippen LogP contribution in [-0.4, -0.2) is 47.1 Å². The van der Waals surface area contributed by atoms with Crippen molar-refractivity contribution in [1.82, 2.24) is 4.57 Å². The maximum absolute atomic E-state index is 13.3. The number of rotatable bonds is 3. The maximum Gasteiger partial charge on any atom is 0.254 e. The monoisotopic (exact) mass is 392 g/mol. The highest BCUT2D eigenvalue weighted by molar-refractivity contribution is 7.09. The number of aromatic nitrogens is 1. The van der Waals surface area contributed by atoms with Crippen molar-refractivity contribution in [2.45, 2.75) is 63.7 Å². The van der Waals surface area contributed by atoms with Gasteiger partial charge in [0.1, 0.15) is 0 Å². The predicted molar refractivity (Wildman–Crippen MR) is 100 cm³/mol. The first kappa shape index (κ1) is 18.0. The SMILES string of the molecule is Cc1cn(CC2COCCO2)/c(=N/C(=O)C23CC4CC(CC(O)(C4)C2)C3)s1. The van der Waals surface area contributed by atoms with Gasteiger partial charge in [-0.25, -0.2) is 0 Å². The number of thiazole rings is 1. The number of nitrogens with zero attached hydrogens (tertiary/aromatic N) is 2.